The lowest BCUT2D eigenvalue weighted by molar-refractivity contribution is 0.627. The fourth-order valence-corrected chi connectivity index (χ4v) is 4.13. The third-order valence-corrected chi connectivity index (χ3v) is 6.20. The predicted molar refractivity (Wildman–Crippen MR) is 178 cm³/mol. The van der Waals surface area contributed by atoms with E-state index in [-0.39, 0.29) is 13.2 Å². The zero-order valence-corrected chi connectivity index (χ0v) is 25.6. The zero-order chi connectivity index (χ0) is 28.7. The molecule has 0 aromatic heterocycles. The highest BCUT2D eigenvalue weighted by Gasteiger charge is 1.92. The summed E-state index contributed by atoms with van der Waals surface area (Å²) in [6.45, 7) is 8.66. The summed E-state index contributed by atoms with van der Waals surface area (Å²) < 4.78 is 12.3. The standard InChI is InChI=1S/2C9H11Cl.C9H11F.C9H12.CH4/c1-2-4-8-5-3-6-9(10)7-8;2*1-2-3-8-4-6-9(10)7-5-8;1-2-6-9-7-4-3-5-8-9;/h3,5-7H,2,4H2,1H3;2*4-7H,2-3H2,1H3;3-5,7-8H,2,6H2,1H3;1H4. The molecule has 0 fully saturated rings. The van der Waals surface area contributed by atoms with Crippen LogP contribution in [-0.4, -0.2) is 0 Å². The van der Waals surface area contributed by atoms with E-state index in [0.717, 1.165) is 35.7 Å². The largest absolute Gasteiger partial charge is 0.207 e. The molecule has 4 aromatic rings. The Balaban J connectivity index is 0.000000503. The van der Waals surface area contributed by atoms with Gasteiger partial charge in [-0.3, -0.25) is 0 Å². The average Bonchev–Trinajstić information content (AvgIpc) is 2.94. The molecule has 0 aliphatic rings. The molecule has 0 radical (unpaired) electrons. The minimum atomic E-state index is -0.153. The van der Waals surface area contributed by atoms with Crippen molar-refractivity contribution in [2.45, 2.75) is 86.5 Å². The van der Waals surface area contributed by atoms with Crippen LogP contribution in [0.3, 0.4) is 0 Å². The lowest BCUT2D eigenvalue weighted by Gasteiger charge is -1.96. The molecule has 0 heterocycles. The van der Waals surface area contributed by atoms with E-state index in [1.54, 1.807) is 0 Å². The van der Waals surface area contributed by atoms with Gasteiger partial charge in [0.15, 0.2) is 0 Å². The quantitative estimate of drug-likeness (QED) is 0.194. The van der Waals surface area contributed by atoms with Gasteiger partial charge in [0.2, 0.25) is 0 Å². The molecule has 0 unspecified atom stereocenters. The number of rotatable bonds is 8. The van der Waals surface area contributed by atoms with Gasteiger partial charge >= 0.3 is 0 Å². The van der Waals surface area contributed by atoms with Crippen LogP contribution in [0.25, 0.3) is 0 Å². The molecule has 0 nitrogen and oxygen atoms in total. The lowest BCUT2D eigenvalue weighted by atomic mass is 10.1. The molecule has 3 heteroatoms. The van der Waals surface area contributed by atoms with Gasteiger partial charge < -0.3 is 0 Å². The minimum Gasteiger partial charge on any atom is -0.207 e. The third-order valence-electron chi connectivity index (χ3n) is 5.71. The normalized spacial score (nSPS) is 9.47. The SMILES string of the molecule is C.CCCc1ccc(Cl)cc1.CCCc1ccc(F)cc1.CCCc1cccc(Cl)c1.CCCc1ccccc1. The van der Waals surface area contributed by atoms with Crippen LogP contribution in [0.1, 0.15) is 83.1 Å². The van der Waals surface area contributed by atoms with Gasteiger partial charge in [-0.2, -0.15) is 0 Å². The number of aryl methyl sites for hydroxylation is 4. The van der Waals surface area contributed by atoms with Crippen LogP contribution in [0.4, 0.5) is 4.39 Å². The highest BCUT2D eigenvalue weighted by molar-refractivity contribution is 6.30. The van der Waals surface area contributed by atoms with Crippen LogP contribution in [-0.2, 0) is 25.7 Å². The van der Waals surface area contributed by atoms with Crippen molar-refractivity contribution in [3.8, 4) is 0 Å². The summed E-state index contributed by atoms with van der Waals surface area (Å²) in [7, 11) is 0. The van der Waals surface area contributed by atoms with E-state index >= 15 is 0 Å². The van der Waals surface area contributed by atoms with Crippen molar-refractivity contribution in [3.05, 3.63) is 141 Å². The van der Waals surface area contributed by atoms with Gasteiger partial charge in [0.1, 0.15) is 5.82 Å². The minimum absolute atomic E-state index is 0. The highest BCUT2D eigenvalue weighted by atomic mass is 35.5. The predicted octanol–water partition coefficient (Wildman–Crippen LogP) is 12.6. The molecule has 4 rings (SSSR count). The second-order valence-electron chi connectivity index (χ2n) is 9.37. The molecule has 0 aliphatic heterocycles. The Hall–Kier alpha value is -2.61. The Morgan fingerprint density at radius 2 is 0.850 bits per heavy atom. The molecule has 218 valence electrons. The van der Waals surface area contributed by atoms with Crippen LogP contribution in [0.15, 0.2) is 103 Å². The fourth-order valence-electron chi connectivity index (χ4n) is 3.79. The second kappa shape index (κ2) is 24.2. The van der Waals surface area contributed by atoms with Crippen LogP contribution < -0.4 is 0 Å². The zero-order valence-electron chi connectivity index (χ0n) is 24.1. The van der Waals surface area contributed by atoms with Crippen molar-refractivity contribution in [3.63, 3.8) is 0 Å². The van der Waals surface area contributed by atoms with E-state index in [2.05, 4.69) is 76.2 Å². The number of hydrogen-bond acceptors (Lipinski definition) is 0. The molecule has 0 aliphatic carbocycles. The summed E-state index contributed by atoms with van der Waals surface area (Å²) in [5, 5.41) is 1.66. The smallest absolute Gasteiger partial charge is 0.123 e. The summed E-state index contributed by atoms with van der Waals surface area (Å²) in [4.78, 5) is 0. The molecule has 0 saturated heterocycles. The van der Waals surface area contributed by atoms with E-state index in [1.165, 1.54) is 60.1 Å². The molecule has 0 atom stereocenters. The molecule has 0 bridgehead atoms. The molecular weight excluding hydrogens is 534 g/mol. The number of hydrogen-bond donors (Lipinski definition) is 0. The van der Waals surface area contributed by atoms with Crippen molar-refractivity contribution in [1.29, 1.82) is 0 Å². The first-order chi connectivity index (χ1) is 18.9. The molecule has 0 spiro atoms. The second-order valence-corrected chi connectivity index (χ2v) is 10.2. The first-order valence-corrected chi connectivity index (χ1v) is 14.9. The van der Waals surface area contributed by atoms with Gasteiger partial charge in [-0.15, -0.1) is 0 Å². The molecule has 4 aromatic carbocycles. The van der Waals surface area contributed by atoms with Crippen LogP contribution in [0.5, 0.6) is 0 Å². The summed E-state index contributed by atoms with van der Waals surface area (Å²) in [6, 6.07) is 33.3. The number of halogens is 3. The lowest BCUT2D eigenvalue weighted by Crippen LogP contribution is -1.81. The topological polar surface area (TPSA) is 0 Å². The van der Waals surface area contributed by atoms with Crippen LogP contribution >= 0.6 is 23.2 Å². The van der Waals surface area contributed by atoms with Crippen LogP contribution in [0, 0.1) is 5.82 Å². The molecule has 0 saturated carbocycles. The first kappa shape index (κ1) is 37.4. The van der Waals surface area contributed by atoms with Crippen molar-refractivity contribution in [2.75, 3.05) is 0 Å². The Labute approximate surface area is 254 Å². The monoisotopic (exact) mass is 582 g/mol. The van der Waals surface area contributed by atoms with E-state index in [1.807, 2.05) is 42.5 Å². The average molecular weight is 584 g/mol. The Kier molecular flexibility index (Phi) is 22.6. The van der Waals surface area contributed by atoms with Gasteiger partial charge in [-0.05, 0) is 84.3 Å². The third kappa shape index (κ3) is 18.6. The summed E-state index contributed by atoms with van der Waals surface area (Å²) in [5.41, 5.74) is 5.35. The van der Waals surface area contributed by atoms with E-state index < -0.39 is 0 Å². The fraction of sp³-hybridized carbons (Fsp3) is 0.351. The van der Waals surface area contributed by atoms with Gasteiger partial charge in [-0.1, -0.05) is 151 Å². The summed E-state index contributed by atoms with van der Waals surface area (Å²) in [6.07, 6.45) is 9.26. The van der Waals surface area contributed by atoms with Crippen LogP contribution in [0.2, 0.25) is 10.0 Å². The van der Waals surface area contributed by atoms with Gasteiger partial charge in [0, 0.05) is 10.0 Å². The molecule has 0 N–H and O–H groups in total. The van der Waals surface area contributed by atoms with E-state index in [0.29, 0.717) is 0 Å². The van der Waals surface area contributed by atoms with E-state index in [9.17, 15) is 4.39 Å². The van der Waals surface area contributed by atoms with Gasteiger partial charge in [0.25, 0.3) is 0 Å². The van der Waals surface area contributed by atoms with Crippen molar-refractivity contribution in [1.82, 2.24) is 0 Å². The van der Waals surface area contributed by atoms with E-state index in [4.69, 9.17) is 23.2 Å². The maximum absolute atomic E-state index is 12.3. The Morgan fingerprint density at radius 3 is 1.30 bits per heavy atom. The summed E-state index contributed by atoms with van der Waals surface area (Å²) in [5.74, 6) is -0.153. The highest BCUT2D eigenvalue weighted by Crippen LogP contribution is 2.12. The maximum Gasteiger partial charge on any atom is 0.123 e. The Bertz CT molecular complexity index is 1060. The van der Waals surface area contributed by atoms with Gasteiger partial charge in [-0.25, -0.2) is 4.39 Å². The van der Waals surface area contributed by atoms with Gasteiger partial charge in [0.05, 0.1) is 0 Å². The van der Waals surface area contributed by atoms with Crippen molar-refractivity contribution >= 4 is 23.2 Å². The van der Waals surface area contributed by atoms with Crippen molar-refractivity contribution in [2.24, 2.45) is 0 Å². The molecular formula is C37H49Cl2F. The maximum atomic E-state index is 12.3. The molecule has 0 amide bonds. The first-order valence-electron chi connectivity index (χ1n) is 14.2. The Morgan fingerprint density at radius 1 is 0.450 bits per heavy atom. The molecule has 40 heavy (non-hydrogen) atoms. The number of benzene rings is 4. The summed E-state index contributed by atoms with van der Waals surface area (Å²) >= 11 is 11.5. The van der Waals surface area contributed by atoms with Crippen molar-refractivity contribution < 1.29 is 4.39 Å².